The van der Waals surface area contributed by atoms with Gasteiger partial charge in [0.1, 0.15) is 0 Å². The Kier molecular flexibility index (Phi) is 6.27. The van der Waals surface area contributed by atoms with E-state index in [0.29, 0.717) is 6.04 Å². The molecule has 0 aromatic rings. The monoisotopic (exact) mass is 324 g/mol. The number of nitrogens with one attached hydrogen (secondary N) is 2. The van der Waals surface area contributed by atoms with Gasteiger partial charge in [-0.3, -0.25) is 9.69 Å². The van der Waals surface area contributed by atoms with Crippen molar-refractivity contribution in [2.24, 2.45) is 5.92 Å². The lowest BCUT2D eigenvalue weighted by molar-refractivity contribution is -0.124. The Bertz CT molecular complexity index is 417. The number of nitrogens with zero attached hydrogens (tertiary/aromatic N) is 2. The Balaban J connectivity index is 1.71. The number of amides is 3. The van der Waals surface area contributed by atoms with Gasteiger partial charge in [0.2, 0.25) is 5.91 Å². The molecule has 2 saturated heterocycles. The van der Waals surface area contributed by atoms with Gasteiger partial charge in [-0.05, 0) is 33.1 Å². The van der Waals surface area contributed by atoms with Crippen LogP contribution < -0.4 is 10.6 Å². The summed E-state index contributed by atoms with van der Waals surface area (Å²) in [6.07, 6.45) is 2.72. The zero-order chi connectivity index (χ0) is 17.0. The molecule has 2 fully saturated rings. The Morgan fingerprint density at radius 3 is 2.04 bits per heavy atom. The minimum absolute atomic E-state index is 0.0163. The molecular formula is C17H32N4O2. The highest BCUT2D eigenvalue weighted by Gasteiger charge is 2.29. The van der Waals surface area contributed by atoms with Crippen LogP contribution in [0.15, 0.2) is 0 Å². The molecule has 1 atom stereocenters. The van der Waals surface area contributed by atoms with E-state index in [4.69, 9.17) is 0 Å². The van der Waals surface area contributed by atoms with Gasteiger partial charge in [0.25, 0.3) is 0 Å². The third-order valence-electron chi connectivity index (χ3n) is 4.93. The van der Waals surface area contributed by atoms with Crippen LogP contribution in [0.1, 0.15) is 47.0 Å². The third-order valence-corrected chi connectivity index (χ3v) is 4.93. The molecule has 23 heavy (non-hydrogen) atoms. The lowest BCUT2D eigenvalue weighted by atomic mass is 10.0. The molecule has 3 amide bonds. The molecule has 6 heteroatoms. The van der Waals surface area contributed by atoms with Crippen LogP contribution in [-0.2, 0) is 4.79 Å². The molecule has 0 bridgehead atoms. The fraction of sp³-hybridized carbons (Fsp3) is 0.882. The smallest absolute Gasteiger partial charge is 0.317 e. The zero-order valence-electron chi connectivity index (χ0n) is 15.0. The number of likely N-dealkylation sites (tertiary alicyclic amines) is 2. The van der Waals surface area contributed by atoms with Gasteiger partial charge in [-0.25, -0.2) is 4.79 Å². The quantitative estimate of drug-likeness (QED) is 0.822. The van der Waals surface area contributed by atoms with Gasteiger partial charge in [0.05, 0.1) is 0 Å². The van der Waals surface area contributed by atoms with Crippen molar-refractivity contribution in [1.82, 2.24) is 20.4 Å². The van der Waals surface area contributed by atoms with E-state index in [2.05, 4.69) is 29.4 Å². The van der Waals surface area contributed by atoms with Gasteiger partial charge >= 0.3 is 6.03 Å². The van der Waals surface area contributed by atoms with Crippen LogP contribution in [0.2, 0.25) is 0 Å². The highest BCUT2D eigenvalue weighted by atomic mass is 16.2. The van der Waals surface area contributed by atoms with Gasteiger partial charge in [-0.1, -0.05) is 13.8 Å². The molecule has 2 rings (SSSR count). The summed E-state index contributed by atoms with van der Waals surface area (Å²) in [5.41, 5.74) is 0. The predicted octanol–water partition coefficient (Wildman–Crippen LogP) is 1.42. The van der Waals surface area contributed by atoms with Crippen molar-refractivity contribution in [3.63, 3.8) is 0 Å². The Morgan fingerprint density at radius 2 is 1.52 bits per heavy atom. The highest BCUT2D eigenvalue weighted by Crippen LogP contribution is 2.15. The first-order valence-electron chi connectivity index (χ1n) is 8.96. The van der Waals surface area contributed by atoms with Crippen LogP contribution >= 0.6 is 0 Å². The van der Waals surface area contributed by atoms with E-state index >= 15 is 0 Å². The minimum Gasteiger partial charge on any atom is -0.353 e. The van der Waals surface area contributed by atoms with Gasteiger partial charge in [-0.2, -0.15) is 0 Å². The number of carbonyl (C=O) groups excluding carboxylic acids is 2. The van der Waals surface area contributed by atoms with Crippen molar-refractivity contribution in [2.75, 3.05) is 26.2 Å². The normalized spacial score (nSPS) is 23.6. The molecule has 2 N–H and O–H groups in total. The molecule has 2 aliphatic rings. The molecule has 0 aliphatic carbocycles. The van der Waals surface area contributed by atoms with E-state index in [1.54, 1.807) is 0 Å². The van der Waals surface area contributed by atoms with Crippen molar-refractivity contribution < 1.29 is 9.59 Å². The van der Waals surface area contributed by atoms with E-state index in [0.717, 1.165) is 45.4 Å². The van der Waals surface area contributed by atoms with E-state index in [1.807, 2.05) is 18.7 Å². The summed E-state index contributed by atoms with van der Waals surface area (Å²) in [5, 5.41) is 6.23. The molecule has 0 radical (unpaired) electrons. The van der Waals surface area contributed by atoms with Crippen molar-refractivity contribution in [1.29, 1.82) is 0 Å². The molecule has 0 aromatic heterocycles. The molecular weight excluding hydrogens is 292 g/mol. The van der Waals surface area contributed by atoms with Gasteiger partial charge in [0.15, 0.2) is 0 Å². The Hall–Kier alpha value is -1.30. The summed E-state index contributed by atoms with van der Waals surface area (Å²) in [6, 6.07) is 1.06. The first-order chi connectivity index (χ1) is 10.9. The molecule has 132 valence electrons. The molecule has 2 aliphatic heterocycles. The maximum atomic E-state index is 12.4. The second-order valence-electron chi connectivity index (χ2n) is 7.45. The van der Waals surface area contributed by atoms with Crippen LogP contribution in [0.25, 0.3) is 0 Å². The lowest BCUT2D eigenvalue weighted by Crippen LogP contribution is -2.52. The molecule has 0 saturated carbocycles. The number of rotatable bonds is 4. The molecule has 1 unspecified atom stereocenters. The lowest BCUT2D eigenvalue weighted by Gasteiger charge is -2.33. The van der Waals surface area contributed by atoms with Crippen molar-refractivity contribution >= 4 is 11.9 Å². The van der Waals surface area contributed by atoms with E-state index in [1.165, 1.54) is 0 Å². The van der Waals surface area contributed by atoms with Gasteiger partial charge in [-0.15, -0.1) is 0 Å². The van der Waals surface area contributed by atoms with Crippen molar-refractivity contribution in [3.8, 4) is 0 Å². The predicted molar refractivity (Wildman–Crippen MR) is 91.2 cm³/mol. The van der Waals surface area contributed by atoms with Gasteiger partial charge in [0, 0.05) is 50.2 Å². The van der Waals surface area contributed by atoms with E-state index in [9.17, 15) is 9.59 Å². The van der Waals surface area contributed by atoms with Crippen LogP contribution in [0.3, 0.4) is 0 Å². The zero-order valence-corrected chi connectivity index (χ0v) is 15.0. The molecule has 6 nitrogen and oxygen atoms in total. The van der Waals surface area contributed by atoms with Gasteiger partial charge < -0.3 is 15.5 Å². The average molecular weight is 324 g/mol. The Morgan fingerprint density at radius 1 is 0.913 bits per heavy atom. The number of piperidine rings is 1. The minimum atomic E-state index is 0.0163. The number of hydrogen-bond donors (Lipinski definition) is 2. The van der Waals surface area contributed by atoms with Crippen LogP contribution in [0.5, 0.6) is 0 Å². The molecule has 0 spiro atoms. The Labute approximate surface area is 140 Å². The fourth-order valence-electron chi connectivity index (χ4n) is 3.23. The van der Waals surface area contributed by atoms with Crippen LogP contribution in [0, 0.1) is 5.92 Å². The second-order valence-corrected chi connectivity index (χ2v) is 7.45. The van der Waals surface area contributed by atoms with E-state index < -0.39 is 0 Å². The van der Waals surface area contributed by atoms with Crippen LogP contribution in [-0.4, -0.2) is 66.0 Å². The topological polar surface area (TPSA) is 64.7 Å². The summed E-state index contributed by atoms with van der Waals surface area (Å²) >= 11 is 0. The maximum Gasteiger partial charge on any atom is 0.317 e. The first-order valence-corrected chi connectivity index (χ1v) is 8.96. The van der Waals surface area contributed by atoms with Crippen molar-refractivity contribution in [3.05, 3.63) is 0 Å². The SMILES string of the molecule is CC(C)C(=O)NC1CCN(C(=O)NC2CCN(C(C)C)C2)CC1. The van der Waals surface area contributed by atoms with Crippen LogP contribution in [0.4, 0.5) is 4.79 Å². The number of carbonyl (C=O) groups is 2. The standard InChI is InChI=1S/C17H32N4O2/c1-12(2)16(22)18-14-5-8-20(9-6-14)17(23)19-15-7-10-21(11-15)13(3)4/h12-15H,5-11H2,1-4H3,(H,18,22)(H,19,23). The summed E-state index contributed by atoms with van der Waals surface area (Å²) in [6.45, 7) is 11.6. The van der Waals surface area contributed by atoms with Crippen molar-refractivity contribution in [2.45, 2.75) is 65.1 Å². The van der Waals surface area contributed by atoms with E-state index in [-0.39, 0.29) is 29.9 Å². The average Bonchev–Trinajstić information content (AvgIpc) is 2.96. The largest absolute Gasteiger partial charge is 0.353 e. The number of urea groups is 1. The second kappa shape index (κ2) is 7.99. The molecule has 2 heterocycles. The maximum absolute atomic E-state index is 12.4. The summed E-state index contributed by atoms with van der Waals surface area (Å²) < 4.78 is 0. The summed E-state index contributed by atoms with van der Waals surface area (Å²) in [4.78, 5) is 28.4. The fourth-order valence-corrected chi connectivity index (χ4v) is 3.23. The number of hydrogen-bond acceptors (Lipinski definition) is 3. The highest BCUT2D eigenvalue weighted by molar-refractivity contribution is 5.78. The third kappa shape index (κ3) is 5.09. The summed E-state index contributed by atoms with van der Waals surface area (Å²) in [5.74, 6) is 0.121. The summed E-state index contributed by atoms with van der Waals surface area (Å²) in [7, 11) is 0. The first kappa shape index (κ1) is 18.0. The molecule has 0 aromatic carbocycles.